The molecule has 0 unspecified atom stereocenters. The van der Waals surface area contributed by atoms with E-state index in [-0.39, 0.29) is 35.7 Å². The van der Waals surface area contributed by atoms with Crippen LogP contribution in [0.15, 0.2) is 61.2 Å². The molecule has 0 amide bonds. The minimum Gasteiger partial charge on any atom is -0.490 e. The van der Waals surface area contributed by atoms with Crippen molar-refractivity contribution in [3.63, 3.8) is 0 Å². The fraction of sp³-hybridized carbons (Fsp3) is 0.355. The first-order valence-electron chi connectivity index (χ1n) is 13.0. The molecule has 202 valence electrons. The van der Waals surface area contributed by atoms with Gasteiger partial charge in [0.25, 0.3) is 0 Å². The highest BCUT2D eigenvalue weighted by atomic mass is 19.2. The van der Waals surface area contributed by atoms with Gasteiger partial charge in [0, 0.05) is 17.0 Å². The van der Waals surface area contributed by atoms with E-state index < -0.39 is 35.5 Å². The topological polar surface area (TPSA) is 27.7 Å². The van der Waals surface area contributed by atoms with Gasteiger partial charge in [-0.15, -0.1) is 0 Å². The minimum absolute atomic E-state index is 0.0569. The molecule has 1 aliphatic heterocycles. The molecule has 4 rings (SSSR count). The number of rotatable bonds is 11. The first kappa shape index (κ1) is 27.9. The smallest absolute Gasteiger partial charge is 0.201 e. The molecule has 0 atom stereocenters. The molecule has 0 saturated carbocycles. The molecule has 3 aromatic carbocycles. The van der Waals surface area contributed by atoms with Gasteiger partial charge >= 0.3 is 0 Å². The second kappa shape index (κ2) is 13.1. The van der Waals surface area contributed by atoms with Crippen LogP contribution in [-0.4, -0.2) is 26.1 Å². The van der Waals surface area contributed by atoms with Crippen LogP contribution in [0.5, 0.6) is 5.75 Å². The third-order valence-electron chi connectivity index (χ3n) is 6.73. The molecule has 1 fully saturated rings. The molecule has 7 heteroatoms. The molecule has 0 aliphatic carbocycles. The first-order valence-corrected chi connectivity index (χ1v) is 13.0. The lowest BCUT2D eigenvalue weighted by molar-refractivity contribution is -0.159. The number of unbranched alkanes of at least 4 members (excludes halogenated alkanes) is 4. The lowest BCUT2D eigenvalue weighted by Gasteiger charge is -2.28. The summed E-state index contributed by atoms with van der Waals surface area (Å²) in [5.74, 6) is -4.57. The predicted octanol–water partition coefficient (Wildman–Crippen LogP) is 8.57. The first-order chi connectivity index (χ1) is 18.4. The quantitative estimate of drug-likeness (QED) is 0.142. The monoisotopic (exact) mass is 528 g/mol. The molecule has 1 saturated heterocycles. The summed E-state index contributed by atoms with van der Waals surface area (Å²) in [5, 5.41) is 0. The zero-order valence-corrected chi connectivity index (χ0v) is 21.5. The Morgan fingerprint density at radius 3 is 1.95 bits per heavy atom. The lowest BCUT2D eigenvalue weighted by Crippen LogP contribution is -2.30. The highest BCUT2D eigenvalue weighted by molar-refractivity contribution is 5.72. The maximum Gasteiger partial charge on any atom is 0.201 e. The molecular weight excluding hydrogens is 496 g/mol. The van der Waals surface area contributed by atoms with Crippen LogP contribution >= 0.6 is 0 Å². The van der Waals surface area contributed by atoms with Gasteiger partial charge in [0.2, 0.25) is 5.82 Å². The molecule has 0 radical (unpaired) electrons. The summed E-state index contributed by atoms with van der Waals surface area (Å²) in [7, 11) is 0. The number of halogens is 4. The summed E-state index contributed by atoms with van der Waals surface area (Å²) < 4.78 is 75.7. The van der Waals surface area contributed by atoms with Crippen molar-refractivity contribution >= 4 is 0 Å². The fourth-order valence-corrected chi connectivity index (χ4v) is 4.52. The van der Waals surface area contributed by atoms with E-state index >= 15 is 4.39 Å². The maximum atomic E-state index is 15.0. The normalized spacial score (nSPS) is 17.4. The van der Waals surface area contributed by atoms with Crippen molar-refractivity contribution in [2.75, 3.05) is 19.8 Å². The number of hydrogen-bond acceptors (Lipinski definition) is 3. The largest absolute Gasteiger partial charge is 0.490 e. The average molecular weight is 529 g/mol. The summed E-state index contributed by atoms with van der Waals surface area (Å²) in [4.78, 5) is 0. The molecular formula is C31H32F4O3. The van der Waals surface area contributed by atoms with Gasteiger partial charge in [-0.05, 0) is 41.3 Å². The highest BCUT2D eigenvalue weighted by Crippen LogP contribution is 2.34. The van der Waals surface area contributed by atoms with E-state index in [1.54, 1.807) is 24.3 Å². The molecule has 0 bridgehead atoms. The van der Waals surface area contributed by atoms with Crippen molar-refractivity contribution in [2.45, 2.75) is 51.2 Å². The Morgan fingerprint density at radius 2 is 1.34 bits per heavy atom. The van der Waals surface area contributed by atoms with Gasteiger partial charge in [0.05, 0.1) is 19.8 Å². The van der Waals surface area contributed by atoms with Crippen molar-refractivity contribution in [1.82, 2.24) is 0 Å². The van der Waals surface area contributed by atoms with Gasteiger partial charge in [-0.25, -0.2) is 13.2 Å². The van der Waals surface area contributed by atoms with Crippen LogP contribution in [0.4, 0.5) is 17.6 Å². The van der Waals surface area contributed by atoms with E-state index in [1.807, 2.05) is 0 Å². The van der Waals surface area contributed by atoms with E-state index in [0.29, 0.717) is 17.7 Å². The Hall–Kier alpha value is -3.16. The van der Waals surface area contributed by atoms with Crippen LogP contribution in [0, 0.1) is 23.3 Å². The van der Waals surface area contributed by atoms with Crippen LogP contribution in [0.3, 0.4) is 0 Å². The second-order valence-corrected chi connectivity index (χ2v) is 9.38. The lowest BCUT2D eigenvalue weighted by atomic mass is 9.94. The summed E-state index contributed by atoms with van der Waals surface area (Å²) in [6, 6.07) is 12.1. The Kier molecular flexibility index (Phi) is 9.58. The average Bonchev–Trinajstić information content (AvgIpc) is 2.94. The van der Waals surface area contributed by atoms with Crippen molar-refractivity contribution in [1.29, 1.82) is 0 Å². The molecule has 1 aliphatic rings. The van der Waals surface area contributed by atoms with Gasteiger partial charge in [0.1, 0.15) is 0 Å². The van der Waals surface area contributed by atoms with Gasteiger partial charge in [-0.1, -0.05) is 75.6 Å². The van der Waals surface area contributed by atoms with Crippen molar-refractivity contribution in [3.05, 3.63) is 90.0 Å². The highest BCUT2D eigenvalue weighted by Gasteiger charge is 2.26. The van der Waals surface area contributed by atoms with E-state index in [4.69, 9.17) is 14.2 Å². The maximum absolute atomic E-state index is 15.0. The molecule has 0 spiro atoms. The SMILES string of the molecule is C=CC1OCC(c2ccc(-c3ccc(-c4ccc(OCCCCCCC)c(F)c4F)cc3)c(F)c2F)CO1. The van der Waals surface area contributed by atoms with E-state index in [2.05, 4.69) is 13.5 Å². The van der Waals surface area contributed by atoms with Crippen LogP contribution in [0.25, 0.3) is 22.3 Å². The summed E-state index contributed by atoms with van der Waals surface area (Å²) in [6.07, 6.45) is 6.07. The predicted molar refractivity (Wildman–Crippen MR) is 140 cm³/mol. The Balaban J connectivity index is 1.46. The van der Waals surface area contributed by atoms with Crippen molar-refractivity contribution < 1.29 is 31.8 Å². The van der Waals surface area contributed by atoms with Crippen molar-refractivity contribution in [2.24, 2.45) is 0 Å². The van der Waals surface area contributed by atoms with Gasteiger partial charge < -0.3 is 14.2 Å². The summed E-state index contributed by atoms with van der Waals surface area (Å²) in [5.41, 5.74) is 1.10. The summed E-state index contributed by atoms with van der Waals surface area (Å²) >= 11 is 0. The van der Waals surface area contributed by atoms with E-state index in [9.17, 15) is 13.2 Å². The minimum atomic E-state index is -1.04. The number of benzene rings is 3. The van der Waals surface area contributed by atoms with Gasteiger partial charge in [0.15, 0.2) is 29.5 Å². The number of hydrogen-bond donors (Lipinski definition) is 0. The molecule has 38 heavy (non-hydrogen) atoms. The molecule has 1 heterocycles. The Labute approximate surface area is 221 Å². The summed E-state index contributed by atoms with van der Waals surface area (Å²) in [6.45, 7) is 6.41. The molecule has 3 aromatic rings. The molecule has 0 N–H and O–H groups in total. The Morgan fingerprint density at radius 1 is 0.763 bits per heavy atom. The molecule has 3 nitrogen and oxygen atoms in total. The van der Waals surface area contributed by atoms with E-state index in [1.165, 1.54) is 30.3 Å². The second-order valence-electron chi connectivity index (χ2n) is 9.38. The van der Waals surface area contributed by atoms with Crippen molar-refractivity contribution in [3.8, 4) is 28.0 Å². The van der Waals surface area contributed by atoms with Gasteiger partial charge in [-0.3, -0.25) is 0 Å². The van der Waals surface area contributed by atoms with E-state index in [0.717, 1.165) is 32.1 Å². The number of ether oxygens (including phenoxy) is 3. The van der Waals surface area contributed by atoms with Crippen LogP contribution in [-0.2, 0) is 9.47 Å². The fourth-order valence-electron chi connectivity index (χ4n) is 4.52. The zero-order chi connectivity index (χ0) is 27.1. The van der Waals surface area contributed by atoms with Crippen LogP contribution in [0.2, 0.25) is 0 Å². The third-order valence-corrected chi connectivity index (χ3v) is 6.73. The molecule has 0 aromatic heterocycles. The Bertz CT molecular complexity index is 1230. The van der Waals surface area contributed by atoms with Crippen LogP contribution in [0.1, 0.15) is 50.5 Å². The standard InChI is InChI=1S/C31H32F4O3/c1-3-5-6-7-8-17-36-26-16-15-24(30(34)31(26)35)21-11-9-20(10-12-21)23-13-14-25(29(33)28(23)32)22-18-37-27(4-2)38-19-22/h4,9-16,22,27H,2-3,5-8,17-19H2,1H3. The zero-order valence-electron chi connectivity index (χ0n) is 21.5. The van der Waals surface area contributed by atoms with Crippen LogP contribution < -0.4 is 4.74 Å². The third kappa shape index (κ3) is 6.27. The van der Waals surface area contributed by atoms with Gasteiger partial charge in [-0.2, -0.15) is 4.39 Å².